The van der Waals surface area contributed by atoms with Crippen molar-refractivity contribution in [1.82, 2.24) is 10.2 Å². The Kier molecular flexibility index (Phi) is 5.40. The Hall–Kier alpha value is -1.62. The molecular formula is C17H25FN2O2. The predicted molar refractivity (Wildman–Crippen MR) is 84.0 cm³/mol. The van der Waals surface area contributed by atoms with E-state index in [0.29, 0.717) is 12.5 Å². The molecule has 1 fully saturated rings. The van der Waals surface area contributed by atoms with Crippen molar-refractivity contribution in [3.05, 3.63) is 35.6 Å². The summed E-state index contributed by atoms with van der Waals surface area (Å²) in [6, 6.07) is 6.50. The molecule has 1 N–H and O–H groups in total. The minimum absolute atomic E-state index is 0.215. The molecule has 0 aliphatic carbocycles. The number of carbonyl (C=O) groups excluding carboxylic acids is 1. The highest BCUT2D eigenvalue weighted by atomic mass is 19.1. The lowest BCUT2D eigenvalue weighted by atomic mass is 10.1. The van der Waals surface area contributed by atoms with Gasteiger partial charge in [-0.15, -0.1) is 0 Å². The Labute approximate surface area is 131 Å². The SMILES string of the molecule is CC(C)(C)OC(=O)N1CC[C@@H](CNCc2ccc(F)cc2)C1. The van der Waals surface area contributed by atoms with E-state index in [-0.39, 0.29) is 11.9 Å². The Balaban J connectivity index is 1.70. The summed E-state index contributed by atoms with van der Waals surface area (Å²) in [5.74, 6) is 0.223. The monoisotopic (exact) mass is 308 g/mol. The molecule has 22 heavy (non-hydrogen) atoms. The number of halogens is 1. The van der Waals surface area contributed by atoms with Gasteiger partial charge in [-0.25, -0.2) is 9.18 Å². The van der Waals surface area contributed by atoms with E-state index in [1.807, 2.05) is 20.8 Å². The zero-order valence-electron chi connectivity index (χ0n) is 13.6. The third-order valence-corrected chi connectivity index (χ3v) is 3.61. The number of carbonyl (C=O) groups is 1. The summed E-state index contributed by atoms with van der Waals surface area (Å²) in [6.07, 6.45) is 0.754. The van der Waals surface area contributed by atoms with Crippen molar-refractivity contribution in [2.45, 2.75) is 39.3 Å². The van der Waals surface area contributed by atoms with E-state index in [1.165, 1.54) is 12.1 Å². The van der Waals surface area contributed by atoms with Gasteiger partial charge in [0.25, 0.3) is 0 Å². The first-order valence-electron chi connectivity index (χ1n) is 7.76. The number of rotatable bonds is 4. The van der Waals surface area contributed by atoms with E-state index in [0.717, 1.165) is 31.6 Å². The van der Waals surface area contributed by atoms with Crippen molar-refractivity contribution < 1.29 is 13.9 Å². The van der Waals surface area contributed by atoms with E-state index in [9.17, 15) is 9.18 Å². The second-order valence-electron chi connectivity index (χ2n) is 6.84. The maximum absolute atomic E-state index is 12.8. The molecule has 122 valence electrons. The van der Waals surface area contributed by atoms with Crippen LogP contribution in [0.1, 0.15) is 32.8 Å². The Morgan fingerprint density at radius 3 is 2.68 bits per heavy atom. The molecule has 2 rings (SSSR count). The molecule has 0 radical (unpaired) electrons. The highest BCUT2D eigenvalue weighted by Crippen LogP contribution is 2.19. The van der Waals surface area contributed by atoms with Crippen LogP contribution in [0.15, 0.2) is 24.3 Å². The van der Waals surface area contributed by atoms with Crippen LogP contribution in [0, 0.1) is 11.7 Å². The van der Waals surface area contributed by atoms with Gasteiger partial charge < -0.3 is 15.0 Å². The van der Waals surface area contributed by atoms with Crippen LogP contribution in [0.25, 0.3) is 0 Å². The van der Waals surface area contributed by atoms with Crippen LogP contribution < -0.4 is 5.32 Å². The minimum atomic E-state index is -0.448. The molecule has 1 amide bonds. The maximum atomic E-state index is 12.8. The lowest BCUT2D eigenvalue weighted by Gasteiger charge is -2.24. The van der Waals surface area contributed by atoms with Crippen molar-refractivity contribution >= 4 is 6.09 Å². The number of benzene rings is 1. The summed E-state index contributed by atoms with van der Waals surface area (Å²) in [7, 11) is 0. The fraction of sp³-hybridized carbons (Fsp3) is 0.588. The van der Waals surface area contributed by atoms with E-state index in [1.54, 1.807) is 17.0 Å². The lowest BCUT2D eigenvalue weighted by Crippen LogP contribution is -2.36. The fourth-order valence-electron chi connectivity index (χ4n) is 2.51. The second kappa shape index (κ2) is 7.09. The molecule has 1 aromatic rings. The summed E-state index contributed by atoms with van der Waals surface area (Å²) in [4.78, 5) is 13.8. The summed E-state index contributed by atoms with van der Waals surface area (Å²) in [6.45, 7) is 8.66. The molecule has 0 bridgehead atoms. The molecule has 1 aliphatic rings. The Morgan fingerprint density at radius 2 is 2.05 bits per heavy atom. The first kappa shape index (κ1) is 16.7. The number of likely N-dealkylation sites (tertiary alicyclic amines) is 1. The topological polar surface area (TPSA) is 41.6 Å². The molecule has 1 aromatic carbocycles. The average molecular weight is 308 g/mol. The van der Waals surface area contributed by atoms with Crippen LogP contribution in [-0.2, 0) is 11.3 Å². The first-order chi connectivity index (χ1) is 10.3. The van der Waals surface area contributed by atoms with E-state index in [2.05, 4.69) is 5.32 Å². The Morgan fingerprint density at radius 1 is 1.36 bits per heavy atom. The number of amides is 1. The number of hydrogen-bond donors (Lipinski definition) is 1. The Bertz CT molecular complexity index is 496. The van der Waals surface area contributed by atoms with Crippen molar-refractivity contribution in [2.24, 2.45) is 5.92 Å². The molecule has 1 aliphatic heterocycles. The van der Waals surface area contributed by atoms with Crippen LogP contribution in [0.5, 0.6) is 0 Å². The first-order valence-corrected chi connectivity index (χ1v) is 7.76. The molecule has 0 saturated carbocycles. The van der Waals surface area contributed by atoms with Gasteiger partial charge in [-0.3, -0.25) is 0 Å². The third kappa shape index (κ3) is 5.30. The quantitative estimate of drug-likeness (QED) is 0.929. The summed E-state index contributed by atoms with van der Waals surface area (Å²) >= 11 is 0. The molecular weight excluding hydrogens is 283 g/mol. The zero-order valence-corrected chi connectivity index (χ0v) is 13.6. The van der Waals surface area contributed by atoms with Crippen LogP contribution in [0.4, 0.5) is 9.18 Å². The van der Waals surface area contributed by atoms with E-state index < -0.39 is 5.60 Å². The van der Waals surface area contributed by atoms with Crippen LogP contribution in [-0.4, -0.2) is 36.2 Å². The molecule has 1 heterocycles. The normalized spacial score (nSPS) is 18.5. The number of hydrogen-bond acceptors (Lipinski definition) is 3. The standard InChI is InChI=1S/C17H25FN2O2/c1-17(2,3)22-16(21)20-9-8-14(12-20)11-19-10-13-4-6-15(18)7-5-13/h4-7,14,19H,8-12H2,1-3H3/t14-/m0/s1. The van der Waals surface area contributed by atoms with Crippen molar-refractivity contribution in [1.29, 1.82) is 0 Å². The maximum Gasteiger partial charge on any atom is 0.410 e. The molecule has 0 aromatic heterocycles. The van der Waals surface area contributed by atoms with Gasteiger partial charge in [0, 0.05) is 26.2 Å². The third-order valence-electron chi connectivity index (χ3n) is 3.61. The van der Waals surface area contributed by atoms with Crippen molar-refractivity contribution in [3.63, 3.8) is 0 Å². The van der Waals surface area contributed by atoms with E-state index in [4.69, 9.17) is 4.74 Å². The highest BCUT2D eigenvalue weighted by molar-refractivity contribution is 5.68. The van der Waals surface area contributed by atoms with Gasteiger partial charge in [0.1, 0.15) is 11.4 Å². The summed E-state index contributed by atoms with van der Waals surface area (Å²) in [5.41, 5.74) is 0.610. The van der Waals surface area contributed by atoms with Crippen molar-refractivity contribution in [3.8, 4) is 0 Å². The van der Waals surface area contributed by atoms with Crippen LogP contribution in [0.2, 0.25) is 0 Å². The fourth-order valence-corrected chi connectivity index (χ4v) is 2.51. The van der Waals surface area contributed by atoms with Crippen molar-refractivity contribution in [2.75, 3.05) is 19.6 Å². The molecule has 0 spiro atoms. The van der Waals surface area contributed by atoms with Gasteiger partial charge in [0.15, 0.2) is 0 Å². The summed E-state index contributed by atoms with van der Waals surface area (Å²) < 4.78 is 18.2. The lowest BCUT2D eigenvalue weighted by molar-refractivity contribution is 0.0288. The number of nitrogens with zero attached hydrogens (tertiary/aromatic N) is 1. The minimum Gasteiger partial charge on any atom is -0.444 e. The zero-order chi connectivity index (χ0) is 16.2. The van der Waals surface area contributed by atoms with Gasteiger partial charge in [-0.2, -0.15) is 0 Å². The number of ether oxygens (including phenoxy) is 1. The van der Waals surface area contributed by atoms with Crippen LogP contribution >= 0.6 is 0 Å². The largest absolute Gasteiger partial charge is 0.444 e. The highest BCUT2D eigenvalue weighted by Gasteiger charge is 2.29. The predicted octanol–water partition coefficient (Wildman–Crippen LogP) is 3.17. The molecule has 1 saturated heterocycles. The molecule has 1 atom stereocenters. The average Bonchev–Trinajstić information content (AvgIpc) is 2.88. The molecule has 4 nitrogen and oxygen atoms in total. The molecule has 5 heteroatoms. The summed E-state index contributed by atoms with van der Waals surface area (Å²) in [5, 5.41) is 3.37. The van der Waals surface area contributed by atoms with E-state index >= 15 is 0 Å². The number of nitrogens with one attached hydrogen (secondary N) is 1. The van der Waals surface area contributed by atoms with Crippen LogP contribution in [0.3, 0.4) is 0 Å². The van der Waals surface area contributed by atoms with Gasteiger partial charge in [0.05, 0.1) is 0 Å². The smallest absolute Gasteiger partial charge is 0.410 e. The van der Waals surface area contributed by atoms with Gasteiger partial charge in [-0.05, 0) is 50.8 Å². The van der Waals surface area contributed by atoms with Gasteiger partial charge in [0.2, 0.25) is 0 Å². The molecule has 0 unspecified atom stereocenters. The van der Waals surface area contributed by atoms with Gasteiger partial charge >= 0.3 is 6.09 Å². The second-order valence-corrected chi connectivity index (χ2v) is 6.84. The van der Waals surface area contributed by atoms with Gasteiger partial charge in [-0.1, -0.05) is 12.1 Å².